The van der Waals surface area contributed by atoms with Gasteiger partial charge in [0.25, 0.3) is 5.56 Å². The van der Waals surface area contributed by atoms with Crippen molar-refractivity contribution < 1.29 is 9.47 Å². The number of hydrogen-bond donors (Lipinski definition) is 1. The van der Waals surface area contributed by atoms with E-state index in [1.165, 1.54) is 4.57 Å². The summed E-state index contributed by atoms with van der Waals surface area (Å²) in [6.45, 7) is 0.565. The quantitative estimate of drug-likeness (QED) is 0.745. The topological polar surface area (TPSA) is 65.4 Å². The smallest absolute Gasteiger partial charge is 0.297 e. The highest BCUT2D eigenvalue weighted by atomic mass is 32.1. The van der Waals surface area contributed by atoms with E-state index in [2.05, 4.69) is 10.3 Å². The molecule has 0 spiro atoms. The molecule has 0 saturated heterocycles. The average molecular weight is 343 g/mol. The van der Waals surface area contributed by atoms with E-state index in [4.69, 9.17) is 9.47 Å². The van der Waals surface area contributed by atoms with Crippen LogP contribution < -0.4 is 20.3 Å². The molecule has 3 aromatic rings. The van der Waals surface area contributed by atoms with Crippen molar-refractivity contribution in [3.63, 3.8) is 0 Å². The molecule has 2 aromatic heterocycles. The Balaban J connectivity index is 1.91. The van der Waals surface area contributed by atoms with Crippen molar-refractivity contribution in [3.8, 4) is 17.2 Å². The number of hydrogen-bond acceptors (Lipinski definition) is 6. The van der Waals surface area contributed by atoms with Gasteiger partial charge >= 0.3 is 0 Å². The third-order valence-corrected chi connectivity index (χ3v) is 4.37. The van der Waals surface area contributed by atoms with Gasteiger partial charge in [0.1, 0.15) is 0 Å². The Hall–Kier alpha value is -2.80. The standard InChI is InChI=1S/C17H17N3O3S/c1-22-14-6-5-12(10-15(14)23-2)20-8-7-18-16(17(20)21)19-11-13-4-3-9-24-13/h3-10H,11H2,1-2H3,(H,18,19). The van der Waals surface area contributed by atoms with E-state index in [0.29, 0.717) is 29.5 Å². The fourth-order valence-electron chi connectivity index (χ4n) is 2.29. The van der Waals surface area contributed by atoms with Crippen LogP contribution in [0.4, 0.5) is 5.82 Å². The second kappa shape index (κ2) is 7.18. The molecule has 0 amide bonds. The molecule has 0 aliphatic heterocycles. The highest BCUT2D eigenvalue weighted by Gasteiger charge is 2.10. The molecule has 2 heterocycles. The highest BCUT2D eigenvalue weighted by molar-refractivity contribution is 7.09. The maximum atomic E-state index is 12.7. The van der Waals surface area contributed by atoms with Gasteiger partial charge in [0, 0.05) is 23.3 Å². The van der Waals surface area contributed by atoms with Gasteiger partial charge < -0.3 is 14.8 Å². The SMILES string of the molecule is COc1ccc(-n2ccnc(NCc3cccs3)c2=O)cc1OC. The predicted molar refractivity (Wildman–Crippen MR) is 94.6 cm³/mol. The van der Waals surface area contributed by atoms with Crippen molar-refractivity contribution in [2.24, 2.45) is 0 Å². The van der Waals surface area contributed by atoms with Gasteiger partial charge in [-0.15, -0.1) is 11.3 Å². The van der Waals surface area contributed by atoms with Gasteiger partial charge in [0.15, 0.2) is 17.3 Å². The average Bonchev–Trinajstić information content (AvgIpc) is 3.14. The fourth-order valence-corrected chi connectivity index (χ4v) is 2.94. The van der Waals surface area contributed by atoms with Crippen LogP contribution in [0.25, 0.3) is 5.69 Å². The van der Waals surface area contributed by atoms with Crippen molar-refractivity contribution in [3.05, 3.63) is 63.3 Å². The zero-order valence-corrected chi connectivity index (χ0v) is 14.2. The van der Waals surface area contributed by atoms with Gasteiger partial charge in [-0.1, -0.05) is 6.07 Å². The number of rotatable bonds is 6. The Kier molecular flexibility index (Phi) is 4.81. The molecule has 0 atom stereocenters. The maximum absolute atomic E-state index is 12.7. The lowest BCUT2D eigenvalue weighted by molar-refractivity contribution is 0.355. The number of benzene rings is 1. The van der Waals surface area contributed by atoms with Crippen LogP contribution in [0.5, 0.6) is 11.5 Å². The Morgan fingerprint density at radius 3 is 2.75 bits per heavy atom. The molecule has 0 aliphatic rings. The van der Waals surface area contributed by atoms with Crippen molar-refractivity contribution >= 4 is 17.2 Å². The predicted octanol–water partition coefficient (Wildman–Crippen LogP) is 2.92. The van der Waals surface area contributed by atoms with E-state index in [0.717, 1.165) is 4.88 Å². The molecule has 0 saturated carbocycles. The van der Waals surface area contributed by atoms with E-state index in [1.54, 1.807) is 56.1 Å². The summed E-state index contributed by atoms with van der Waals surface area (Å²) >= 11 is 1.63. The number of methoxy groups -OCH3 is 2. The molecule has 1 aromatic carbocycles. The minimum atomic E-state index is -0.221. The van der Waals surface area contributed by atoms with E-state index >= 15 is 0 Å². The third kappa shape index (κ3) is 3.26. The Morgan fingerprint density at radius 1 is 1.21 bits per heavy atom. The molecule has 24 heavy (non-hydrogen) atoms. The van der Waals surface area contributed by atoms with Gasteiger partial charge in [-0.05, 0) is 23.6 Å². The lowest BCUT2D eigenvalue weighted by atomic mass is 10.2. The highest BCUT2D eigenvalue weighted by Crippen LogP contribution is 2.28. The molecule has 0 bridgehead atoms. The number of nitrogens with zero attached hydrogens (tertiary/aromatic N) is 2. The summed E-state index contributed by atoms with van der Waals surface area (Å²) in [5, 5.41) is 5.08. The fraction of sp³-hybridized carbons (Fsp3) is 0.176. The van der Waals surface area contributed by atoms with Crippen LogP contribution in [0.1, 0.15) is 4.88 Å². The number of nitrogens with one attached hydrogen (secondary N) is 1. The molecule has 0 fully saturated rings. The van der Waals surface area contributed by atoms with Crippen molar-refractivity contribution in [1.29, 1.82) is 0 Å². The lowest BCUT2D eigenvalue weighted by Crippen LogP contribution is -2.22. The molecular weight excluding hydrogens is 326 g/mol. The minimum Gasteiger partial charge on any atom is -0.493 e. The first-order valence-electron chi connectivity index (χ1n) is 7.29. The zero-order valence-electron chi connectivity index (χ0n) is 13.4. The largest absolute Gasteiger partial charge is 0.493 e. The first kappa shape index (κ1) is 16.1. The van der Waals surface area contributed by atoms with Crippen molar-refractivity contribution in [1.82, 2.24) is 9.55 Å². The molecule has 0 aliphatic carbocycles. The van der Waals surface area contributed by atoms with Gasteiger partial charge in [-0.3, -0.25) is 9.36 Å². The monoisotopic (exact) mass is 343 g/mol. The molecule has 1 N–H and O–H groups in total. The van der Waals surface area contributed by atoms with Crippen LogP contribution in [-0.2, 0) is 6.54 Å². The minimum absolute atomic E-state index is 0.221. The first-order chi connectivity index (χ1) is 11.7. The number of ether oxygens (including phenoxy) is 2. The van der Waals surface area contributed by atoms with Gasteiger partial charge in [-0.2, -0.15) is 0 Å². The van der Waals surface area contributed by atoms with E-state index in [1.807, 2.05) is 17.5 Å². The van der Waals surface area contributed by atoms with Crippen molar-refractivity contribution in [2.45, 2.75) is 6.54 Å². The Bertz CT molecular complexity index is 875. The Labute approximate surface area is 143 Å². The van der Waals surface area contributed by atoms with Crippen LogP contribution in [0, 0.1) is 0 Å². The van der Waals surface area contributed by atoms with E-state index < -0.39 is 0 Å². The molecule has 124 valence electrons. The maximum Gasteiger partial charge on any atom is 0.297 e. The summed E-state index contributed by atoms with van der Waals surface area (Å²) in [5.41, 5.74) is 0.459. The van der Waals surface area contributed by atoms with Crippen LogP contribution in [-0.4, -0.2) is 23.8 Å². The molecule has 0 unspecified atom stereocenters. The van der Waals surface area contributed by atoms with Crippen LogP contribution in [0.3, 0.4) is 0 Å². The lowest BCUT2D eigenvalue weighted by Gasteiger charge is -2.12. The molecule has 3 rings (SSSR count). The summed E-state index contributed by atoms with van der Waals surface area (Å²) in [6.07, 6.45) is 3.22. The summed E-state index contributed by atoms with van der Waals surface area (Å²) in [6, 6.07) is 9.30. The van der Waals surface area contributed by atoms with Crippen LogP contribution in [0.2, 0.25) is 0 Å². The summed E-state index contributed by atoms with van der Waals surface area (Å²) in [4.78, 5) is 17.9. The van der Waals surface area contributed by atoms with E-state index in [9.17, 15) is 4.79 Å². The van der Waals surface area contributed by atoms with Gasteiger partial charge in [-0.25, -0.2) is 4.98 Å². The molecule has 6 nitrogen and oxygen atoms in total. The van der Waals surface area contributed by atoms with Crippen LogP contribution >= 0.6 is 11.3 Å². The van der Waals surface area contributed by atoms with E-state index in [-0.39, 0.29) is 5.56 Å². The second-order valence-corrected chi connectivity index (χ2v) is 5.96. The molecule has 7 heteroatoms. The molecular formula is C17H17N3O3S. The van der Waals surface area contributed by atoms with Gasteiger partial charge in [0.2, 0.25) is 0 Å². The summed E-state index contributed by atoms with van der Waals surface area (Å²) < 4.78 is 12.0. The summed E-state index contributed by atoms with van der Waals surface area (Å²) in [7, 11) is 3.13. The number of aromatic nitrogens is 2. The number of anilines is 1. The number of thiophene rings is 1. The summed E-state index contributed by atoms with van der Waals surface area (Å²) in [5.74, 6) is 1.48. The van der Waals surface area contributed by atoms with Crippen LogP contribution in [0.15, 0.2) is 52.9 Å². The Morgan fingerprint density at radius 2 is 2.04 bits per heavy atom. The first-order valence-corrected chi connectivity index (χ1v) is 8.17. The van der Waals surface area contributed by atoms with Gasteiger partial charge in [0.05, 0.1) is 26.5 Å². The normalized spacial score (nSPS) is 10.4. The third-order valence-electron chi connectivity index (χ3n) is 3.50. The zero-order chi connectivity index (χ0) is 16.9. The second-order valence-electron chi connectivity index (χ2n) is 4.92. The molecule has 0 radical (unpaired) electrons. The van der Waals surface area contributed by atoms with Crippen molar-refractivity contribution in [2.75, 3.05) is 19.5 Å².